The molecule has 670 valence electrons. The minimum absolute atomic E-state index is 0. The molecule has 15 heteroatoms. The van der Waals surface area contributed by atoms with Crippen molar-refractivity contribution in [2.24, 2.45) is 0 Å². The summed E-state index contributed by atoms with van der Waals surface area (Å²) < 4.78 is 12.0. The smallest absolute Gasteiger partial charge is 0.0461 e. The molecule has 0 atom stereocenters. The summed E-state index contributed by atoms with van der Waals surface area (Å²) in [6.45, 7) is 25.0. The van der Waals surface area contributed by atoms with Crippen LogP contribution >= 0.6 is 0 Å². The van der Waals surface area contributed by atoms with Gasteiger partial charge in [-0.15, -0.1) is 66.0 Å². The van der Waals surface area contributed by atoms with E-state index in [-0.39, 0.29) is 327 Å². The monoisotopic (exact) mass is 2560 g/mol. The minimum atomic E-state index is 0. The van der Waals surface area contributed by atoms with Crippen molar-refractivity contribution in [1.82, 2.24) is 22.8 Å². The van der Waals surface area contributed by atoms with Gasteiger partial charge >= 0.3 is 0 Å². The molecule has 5 heterocycles. The number of benzene rings is 15. The van der Waals surface area contributed by atoms with Gasteiger partial charge in [0.1, 0.15) is 0 Å². The van der Waals surface area contributed by atoms with Crippen LogP contribution in [0.5, 0.6) is 0 Å². The second-order valence-electron chi connectivity index (χ2n) is 31.9. The number of rotatable bonds is 20. The van der Waals surface area contributed by atoms with Gasteiger partial charge in [-0.2, -0.15) is 182 Å². The third-order valence-electron chi connectivity index (χ3n) is 24.0. The van der Waals surface area contributed by atoms with Crippen LogP contribution in [0.4, 0.5) is 0 Å². The fourth-order valence-corrected chi connectivity index (χ4v) is 17.7. The minimum Gasteiger partial charge on any atom is -0.385 e. The van der Waals surface area contributed by atoms with Crippen molar-refractivity contribution in [2.75, 3.05) is 0 Å². The number of hydrogen-bond acceptors (Lipinski definition) is 0. The normalized spacial score (nSPS) is 11.6. The average Bonchev–Trinajstić information content (AvgIpc) is 1.59. The number of nitrogens with zero attached hydrogens (tertiary/aromatic N) is 5. The molecule has 5 nitrogen and oxygen atoms in total. The van der Waals surface area contributed by atoms with Crippen LogP contribution in [0, 0.1) is 60.7 Å². The summed E-state index contributed by atoms with van der Waals surface area (Å²) in [4.78, 5) is 0. The van der Waals surface area contributed by atoms with Crippen molar-refractivity contribution in [3.05, 3.63) is 483 Å². The van der Waals surface area contributed by atoms with E-state index in [1.165, 1.54) is 131 Å². The molecule has 10 radical (unpaired) electrons. The molecule has 15 aromatic carbocycles. The van der Waals surface area contributed by atoms with E-state index in [9.17, 15) is 0 Å². The van der Waals surface area contributed by atoms with Gasteiger partial charge in [0.2, 0.25) is 0 Å². The first-order valence-electron chi connectivity index (χ1n) is 45.0. The molecule has 0 spiro atoms. The van der Waals surface area contributed by atoms with Gasteiger partial charge in [0, 0.05) is 387 Å². The molecule has 0 aliphatic rings. The van der Waals surface area contributed by atoms with Crippen molar-refractivity contribution in [2.45, 2.75) is 102 Å². The van der Waals surface area contributed by atoms with Gasteiger partial charge in [-0.3, -0.25) is 0 Å². The third kappa shape index (κ3) is 29.5. The molecule has 140 heavy (non-hydrogen) atoms. The van der Waals surface area contributed by atoms with E-state index in [0.717, 1.165) is 93.9 Å². The molecule has 0 unspecified atom stereocenters. The first kappa shape index (κ1) is 124. The first-order valence-corrected chi connectivity index (χ1v) is 45.0. The van der Waals surface area contributed by atoms with E-state index < -0.39 is 0 Å². The van der Waals surface area contributed by atoms with Crippen LogP contribution in [-0.4, -0.2) is 22.8 Å². The Balaban J connectivity index is 0.000000263. The Hall–Kier alpha value is -4.26. The summed E-state index contributed by atoms with van der Waals surface area (Å²) in [7, 11) is 0. The van der Waals surface area contributed by atoms with Crippen LogP contribution < -0.4 is 0 Å². The Labute approximate surface area is 1080 Å². The second-order valence-corrected chi connectivity index (χ2v) is 31.9. The van der Waals surface area contributed by atoms with Crippen molar-refractivity contribution < 1.29 is 327 Å². The molecule has 0 aliphatic carbocycles. The molecule has 0 saturated heterocycles. The fraction of sp³-hybridized carbons (Fsp3) is 0.120. The maximum Gasteiger partial charge on any atom is 0.0461 e. The van der Waals surface area contributed by atoms with Gasteiger partial charge < -0.3 is 22.8 Å². The second kappa shape index (κ2) is 62.9. The summed E-state index contributed by atoms with van der Waals surface area (Å²) in [6.07, 6.45) is 32.3. The molecular formula is C125H105N5Y10-10. The van der Waals surface area contributed by atoms with Gasteiger partial charge in [-0.1, -0.05) is 209 Å². The van der Waals surface area contributed by atoms with Crippen molar-refractivity contribution in [3.63, 3.8) is 0 Å². The van der Waals surface area contributed by atoms with Gasteiger partial charge in [0.25, 0.3) is 0 Å². The van der Waals surface area contributed by atoms with Crippen LogP contribution in [0.15, 0.2) is 422 Å². The number of allylic oxidation sites excluding steroid dienone is 20. The molecular weight excluding hydrogens is 2460 g/mol. The van der Waals surface area contributed by atoms with Crippen LogP contribution in [0.25, 0.3) is 165 Å². The number of fused-ring (bicyclic) bond motifs is 15. The topological polar surface area (TPSA) is 24.6 Å². The summed E-state index contributed by atoms with van der Waals surface area (Å²) in [5.41, 5.74) is 29.7. The van der Waals surface area contributed by atoms with Crippen molar-refractivity contribution >= 4 is 109 Å². The predicted molar refractivity (Wildman–Crippen MR) is 556 cm³/mol. The number of hydrogen-bond donors (Lipinski definition) is 0. The average molecular weight is 2570 g/mol. The van der Waals surface area contributed by atoms with Crippen molar-refractivity contribution in [1.29, 1.82) is 0 Å². The Kier molecular flexibility index (Phi) is 55.9. The van der Waals surface area contributed by atoms with Crippen molar-refractivity contribution in [3.8, 4) is 55.6 Å². The van der Waals surface area contributed by atoms with E-state index in [2.05, 4.69) is 456 Å². The largest absolute Gasteiger partial charge is 0.385 e. The van der Waals surface area contributed by atoms with Gasteiger partial charge in [0.15, 0.2) is 0 Å². The third-order valence-corrected chi connectivity index (χ3v) is 24.0. The Morgan fingerprint density at radius 3 is 0.986 bits per heavy atom. The number of para-hydroxylation sites is 5. The van der Waals surface area contributed by atoms with Gasteiger partial charge in [-0.25, -0.2) is 55.6 Å². The first-order chi connectivity index (χ1) is 64.1. The van der Waals surface area contributed by atoms with E-state index in [0.29, 0.717) is 0 Å². The molecule has 0 fully saturated rings. The SMILES string of the molecule is C/C=C\C(=C/C)Cn1c2[c-]c(-c3[c-]cccc3)ccc2c2ccccc21.C/C=C\C(=C/C)Cn1c2c[c-]c(-c3[c-]cccc3)cc2c2ccccc21.C/C=C\C(=C/C)Cn1c2ccccc2c2c(-c3[c-]cccc3)[c-]ccc21.C/C=C\C(=C/C)Cn1c2ccccc2c2c[c-]c(-c3[c-]cccc3)cc21.C/C=C\C(=C/C)Cn1c2ccccc2c2cc[c-]c(-c3[c-]cccc3)c21.[Y].[Y].[Y].[Y].[Y].[Y].[Y].[Y].[Y].[Y]. The van der Waals surface area contributed by atoms with Gasteiger partial charge in [-0.05, 0) is 176 Å². The fourth-order valence-electron chi connectivity index (χ4n) is 17.7. The number of aromatic nitrogens is 5. The molecule has 0 amide bonds. The maximum atomic E-state index is 3.65. The summed E-state index contributed by atoms with van der Waals surface area (Å²) in [6, 6.07) is 139. The van der Waals surface area contributed by atoms with Crippen LogP contribution in [0.1, 0.15) is 69.2 Å². The summed E-state index contributed by atoms with van der Waals surface area (Å²) >= 11 is 0. The van der Waals surface area contributed by atoms with E-state index in [4.69, 9.17) is 0 Å². The van der Waals surface area contributed by atoms with E-state index >= 15 is 0 Å². The zero-order chi connectivity index (χ0) is 89.7. The van der Waals surface area contributed by atoms with Gasteiger partial charge in [0.05, 0.1) is 0 Å². The van der Waals surface area contributed by atoms with Crippen LogP contribution in [0.3, 0.4) is 0 Å². The molecule has 0 N–H and O–H groups in total. The predicted octanol–water partition coefficient (Wildman–Crippen LogP) is 32.9. The molecule has 0 saturated carbocycles. The maximum absolute atomic E-state index is 3.65. The Bertz CT molecular complexity index is 7480. The van der Waals surface area contributed by atoms with Crippen LogP contribution in [-0.2, 0) is 360 Å². The molecule has 20 rings (SSSR count). The zero-order valence-corrected chi connectivity index (χ0v) is 110. The zero-order valence-electron chi connectivity index (χ0n) is 81.6. The Morgan fingerprint density at radius 2 is 0.543 bits per heavy atom. The quantitative estimate of drug-likeness (QED) is 0.0537. The molecule has 20 aromatic rings. The summed E-state index contributed by atoms with van der Waals surface area (Å²) in [5, 5.41) is 12.7. The molecule has 0 aliphatic heterocycles. The van der Waals surface area contributed by atoms with Crippen LogP contribution in [0.2, 0.25) is 0 Å². The molecule has 5 aromatic heterocycles. The van der Waals surface area contributed by atoms with E-state index in [1.807, 2.05) is 91.0 Å². The molecule has 0 bridgehead atoms. The Morgan fingerprint density at radius 1 is 0.214 bits per heavy atom. The summed E-state index contributed by atoms with van der Waals surface area (Å²) in [5.74, 6) is 0. The van der Waals surface area contributed by atoms with E-state index in [1.54, 1.807) is 0 Å². The standard InChI is InChI=1S/5C25H21N.10Y/c1-3-11-19(4-2)18-26-24-17-9-8-14-22(24)23-16-10-15-21(25(23)26)20-12-6-5-7-13-20;1-3-11-19(4-2)18-26-23-16-9-8-14-22(23)25-21(15-10-17-24(25)26)20-12-6-5-7-13-20;1-3-10-19(4-2)18-26-24-14-9-8-13-22(24)23-17-21(15-16-25(23)26)20-11-6-5-7-12-20;2*1-3-10-19(4-2)18-26-24-14-9-8-13-22(24)23-16-15-21(17-25(23)26)20-11-6-5-7-12-20;;;;;;;;;;/h2*3-12,14,16-17H,18H2,1-2H3;2*3-11,13-14,16-17H,18H2,1-2H3;3-11,13-16H,18H2,1-2H3;;;;;;;;;;/q5*-2;;;;;;;;;;/b2*11-3-,19-4+;3*10-3-,19-4+;;;;;;;;;;.